The first kappa shape index (κ1) is 19.5. The smallest absolute Gasteiger partial charge is 0.291 e. The summed E-state index contributed by atoms with van der Waals surface area (Å²) in [6.45, 7) is 2.04. The summed E-state index contributed by atoms with van der Waals surface area (Å²) < 4.78 is 11.5. The van der Waals surface area contributed by atoms with E-state index in [-0.39, 0.29) is 11.7 Å². The lowest BCUT2D eigenvalue weighted by Crippen LogP contribution is -2.44. The molecule has 1 aromatic heterocycles. The maximum Gasteiger partial charge on any atom is 0.291 e. The van der Waals surface area contributed by atoms with E-state index in [0.29, 0.717) is 33.4 Å². The number of anilines is 2. The zero-order valence-corrected chi connectivity index (χ0v) is 17.7. The number of hydrogen-bond acceptors (Lipinski definition) is 4. The second-order valence-electron chi connectivity index (χ2n) is 6.55. The first-order valence-corrected chi connectivity index (χ1v) is 10.0. The number of fused-ring (bicyclic) bond motifs is 1. The van der Waals surface area contributed by atoms with Crippen molar-refractivity contribution in [1.82, 2.24) is 0 Å². The molecule has 148 valence electrons. The summed E-state index contributed by atoms with van der Waals surface area (Å²) in [5.74, 6) is 0.175. The van der Waals surface area contributed by atoms with Gasteiger partial charge in [-0.1, -0.05) is 23.7 Å². The van der Waals surface area contributed by atoms with E-state index in [1.54, 1.807) is 48.2 Å². The monoisotopic (exact) mass is 474 g/mol. The number of nitrogens with zero attached hydrogens (tertiary/aromatic N) is 1. The zero-order valence-electron chi connectivity index (χ0n) is 15.3. The average Bonchev–Trinajstić information content (AvgIpc) is 3.12. The van der Waals surface area contributed by atoms with Crippen LogP contribution in [0, 0.1) is 0 Å². The number of halogens is 2. The number of carbonyl (C=O) groups is 2. The minimum Gasteiger partial charge on any atom is -0.479 e. The van der Waals surface area contributed by atoms with E-state index in [2.05, 4.69) is 21.2 Å². The van der Waals surface area contributed by atoms with Gasteiger partial charge in [-0.2, -0.15) is 0 Å². The topological polar surface area (TPSA) is 71.8 Å². The molecule has 1 aliphatic rings. The van der Waals surface area contributed by atoms with E-state index in [1.165, 1.54) is 0 Å². The number of hydrogen-bond donors (Lipinski definition) is 1. The summed E-state index contributed by atoms with van der Waals surface area (Å²) >= 11 is 9.26. The summed E-state index contributed by atoms with van der Waals surface area (Å²) in [4.78, 5) is 26.8. The Morgan fingerprint density at radius 1 is 1.21 bits per heavy atom. The van der Waals surface area contributed by atoms with E-state index in [0.717, 1.165) is 5.56 Å². The fourth-order valence-electron chi connectivity index (χ4n) is 3.09. The van der Waals surface area contributed by atoms with Crippen molar-refractivity contribution in [3.8, 4) is 5.75 Å². The van der Waals surface area contributed by atoms with Gasteiger partial charge < -0.3 is 19.4 Å². The molecule has 0 fully saturated rings. The highest BCUT2D eigenvalue weighted by Gasteiger charge is 2.32. The summed E-state index contributed by atoms with van der Waals surface area (Å²) in [5.41, 5.74) is 1.98. The predicted octanol–water partition coefficient (Wildman–Crippen LogP) is 5.26. The van der Waals surface area contributed by atoms with Crippen LogP contribution in [0.2, 0.25) is 5.02 Å². The first-order valence-electron chi connectivity index (χ1n) is 8.84. The molecule has 29 heavy (non-hydrogen) atoms. The Balaban J connectivity index is 1.64. The summed E-state index contributed by atoms with van der Waals surface area (Å²) in [7, 11) is 0. The maximum absolute atomic E-state index is 12.8. The van der Waals surface area contributed by atoms with Crippen LogP contribution in [0.3, 0.4) is 0 Å². The van der Waals surface area contributed by atoms with Gasteiger partial charge in [0.05, 0.1) is 12.2 Å². The first-order chi connectivity index (χ1) is 13.9. The van der Waals surface area contributed by atoms with Crippen LogP contribution in [-0.4, -0.2) is 17.9 Å². The normalized spacial score (nSPS) is 15.6. The van der Waals surface area contributed by atoms with Crippen molar-refractivity contribution in [1.29, 1.82) is 0 Å². The number of furan rings is 1. The van der Waals surface area contributed by atoms with Crippen LogP contribution in [-0.2, 0) is 11.3 Å². The van der Waals surface area contributed by atoms with Crippen LogP contribution in [0.25, 0.3) is 0 Å². The van der Waals surface area contributed by atoms with Gasteiger partial charge >= 0.3 is 0 Å². The van der Waals surface area contributed by atoms with Crippen LogP contribution in [0.15, 0.2) is 63.7 Å². The van der Waals surface area contributed by atoms with Crippen molar-refractivity contribution in [2.75, 3.05) is 10.2 Å². The molecule has 1 N–H and O–H groups in total. The molecule has 1 unspecified atom stereocenters. The lowest BCUT2D eigenvalue weighted by Gasteiger charge is -2.33. The van der Waals surface area contributed by atoms with E-state index in [4.69, 9.17) is 20.8 Å². The van der Waals surface area contributed by atoms with Gasteiger partial charge in [0.25, 0.3) is 11.8 Å². The third kappa shape index (κ3) is 4.16. The molecule has 0 saturated heterocycles. The highest BCUT2D eigenvalue weighted by atomic mass is 79.9. The number of amides is 2. The Morgan fingerprint density at radius 2 is 2.03 bits per heavy atom. The molecular formula is C21H16BrClN2O4. The van der Waals surface area contributed by atoms with Gasteiger partial charge in [-0.15, -0.1) is 0 Å². The Hall–Kier alpha value is -2.77. The highest BCUT2D eigenvalue weighted by molar-refractivity contribution is 9.10. The lowest BCUT2D eigenvalue weighted by molar-refractivity contribution is -0.125. The maximum atomic E-state index is 12.8. The fraction of sp³-hybridized carbons (Fsp3) is 0.143. The molecule has 1 atom stereocenters. The van der Waals surface area contributed by atoms with Crippen molar-refractivity contribution in [3.05, 3.63) is 75.6 Å². The van der Waals surface area contributed by atoms with Crippen molar-refractivity contribution in [3.63, 3.8) is 0 Å². The van der Waals surface area contributed by atoms with Crippen LogP contribution in [0.4, 0.5) is 11.4 Å². The third-order valence-electron chi connectivity index (χ3n) is 4.45. The summed E-state index contributed by atoms with van der Waals surface area (Å²) in [6.07, 6.45) is -0.609. The molecule has 0 radical (unpaired) electrons. The Morgan fingerprint density at radius 3 is 2.76 bits per heavy atom. The summed E-state index contributed by atoms with van der Waals surface area (Å²) in [5, 5.41) is 3.37. The van der Waals surface area contributed by atoms with Crippen LogP contribution in [0.1, 0.15) is 23.0 Å². The van der Waals surface area contributed by atoms with Gasteiger partial charge in [-0.05, 0) is 70.9 Å². The molecule has 4 rings (SSSR count). The Labute approximate surface area is 180 Å². The zero-order chi connectivity index (χ0) is 20.5. The number of rotatable bonds is 4. The molecule has 8 heteroatoms. The van der Waals surface area contributed by atoms with Gasteiger partial charge in [-0.3, -0.25) is 9.59 Å². The Kier molecular flexibility index (Phi) is 5.34. The minimum atomic E-state index is -0.609. The summed E-state index contributed by atoms with van der Waals surface area (Å²) in [6, 6.07) is 15.7. The molecule has 2 aromatic carbocycles. The molecule has 2 heterocycles. The molecule has 2 amide bonds. The van der Waals surface area contributed by atoms with E-state index in [9.17, 15) is 9.59 Å². The van der Waals surface area contributed by atoms with Crippen molar-refractivity contribution >= 4 is 50.7 Å². The largest absolute Gasteiger partial charge is 0.479 e. The predicted molar refractivity (Wildman–Crippen MR) is 114 cm³/mol. The molecule has 3 aromatic rings. The molecule has 0 bridgehead atoms. The number of nitrogens with one attached hydrogen (secondary N) is 1. The van der Waals surface area contributed by atoms with Crippen LogP contribution < -0.4 is 15.0 Å². The molecule has 0 aliphatic carbocycles. The minimum absolute atomic E-state index is 0.170. The van der Waals surface area contributed by atoms with Gasteiger partial charge in [0, 0.05) is 10.7 Å². The molecule has 0 spiro atoms. The number of ether oxygens (including phenoxy) is 1. The highest BCUT2D eigenvalue weighted by Crippen LogP contribution is 2.37. The van der Waals surface area contributed by atoms with Gasteiger partial charge in [0.15, 0.2) is 16.5 Å². The van der Waals surface area contributed by atoms with Crippen LogP contribution >= 0.6 is 27.5 Å². The molecule has 0 saturated carbocycles. The average molecular weight is 476 g/mol. The second kappa shape index (κ2) is 7.93. The lowest BCUT2D eigenvalue weighted by atomic mass is 10.1. The fourth-order valence-corrected chi connectivity index (χ4v) is 3.61. The van der Waals surface area contributed by atoms with E-state index >= 15 is 0 Å². The Bertz CT molecular complexity index is 1100. The van der Waals surface area contributed by atoms with E-state index in [1.807, 2.05) is 18.2 Å². The standard InChI is InChI=1S/C21H16BrClN2O4/c1-12-21(27)25(11-13-3-2-4-14(23)9-13)16-10-15(5-6-17(16)28-12)24-20(26)18-7-8-19(22)29-18/h2-10,12H,11H2,1H3,(H,24,26). The van der Waals surface area contributed by atoms with Crippen LogP contribution in [0.5, 0.6) is 5.75 Å². The van der Waals surface area contributed by atoms with Crippen molar-refractivity contribution < 1.29 is 18.7 Å². The molecular weight excluding hydrogens is 460 g/mol. The van der Waals surface area contributed by atoms with Gasteiger partial charge in [0.2, 0.25) is 0 Å². The van der Waals surface area contributed by atoms with Gasteiger partial charge in [0.1, 0.15) is 5.75 Å². The van der Waals surface area contributed by atoms with Crippen molar-refractivity contribution in [2.24, 2.45) is 0 Å². The van der Waals surface area contributed by atoms with Crippen molar-refractivity contribution in [2.45, 2.75) is 19.6 Å². The SMILES string of the molecule is CC1Oc2ccc(NC(=O)c3ccc(Br)o3)cc2N(Cc2cccc(Cl)c2)C1=O. The number of benzene rings is 2. The molecule has 1 aliphatic heterocycles. The number of carbonyl (C=O) groups excluding carboxylic acids is 2. The molecule has 6 nitrogen and oxygen atoms in total. The second-order valence-corrected chi connectivity index (χ2v) is 7.77. The quantitative estimate of drug-likeness (QED) is 0.558. The third-order valence-corrected chi connectivity index (χ3v) is 5.11. The van der Waals surface area contributed by atoms with Gasteiger partial charge in [-0.25, -0.2) is 0 Å². The van der Waals surface area contributed by atoms with E-state index < -0.39 is 12.0 Å².